The first kappa shape index (κ1) is 20.1. The summed E-state index contributed by atoms with van der Waals surface area (Å²) in [6, 6.07) is 9.49. The van der Waals surface area contributed by atoms with Crippen molar-refractivity contribution in [3.8, 4) is 11.5 Å². The number of amides is 1. The molecule has 0 heterocycles. The number of methoxy groups -OCH3 is 2. The lowest BCUT2D eigenvalue weighted by atomic mass is 10.2. The van der Waals surface area contributed by atoms with Gasteiger partial charge in [0.15, 0.2) is 0 Å². The van der Waals surface area contributed by atoms with E-state index >= 15 is 0 Å². The van der Waals surface area contributed by atoms with Gasteiger partial charge in [-0.05, 0) is 24.3 Å². The summed E-state index contributed by atoms with van der Waals surface area (Å²) >= 11 is 6.49. The minimum atomic E-state index is -2.47. The second-order valence-electron chi connectivity index (χ2n) is 4.99. The maximum absolute atomic E-state index is 12.3. The van der Waals surface area contributed by atoms with Crippen LogP contribution in [0.5, 0.6) is 11.5 Å². The van der Waals surface area contributed by atoms with Crippen LogP contribution in [0.15, 0.2) is 41.3 Å². The number of hydrogen-bond donors (Lipinski definition) is 2. The first-order valence-electron chi connectivity index (χ1n) is 7.43. The monoisotopic (exact) mass is 402 g/mol. The first-order chi connectivity index (χ1) is 12.4. The van der Waals surface area contributed by atoms with Crippen LogP contribution in [0.3, 0.4) is 0 Å². The van der Waals surface area contributed by atoms with Gasteiger partial charge in [0.05, 0.1) is 31.5 Å². The Balaban J connectivity index is 1.96. The van der Waals surface area contributed by atoms with Crippen molar-refractivity contribution in [3.05, 3.63) is 41.4 Å². The molecule has 0 atom stereocenters. The molecule has 0 spiro atoms. The summed E-state index contributed by atoms with van der Waals surface area (Å²) in [4.78, 5) is 12.6. The zero-order chi connectivity index (χ0) is 19.1. The minimum absolute atomic E-state index is 0.0184. The molecule has 0 unspecified atom stereocenters. The molecule has 2 rings (SSSR count). The van der Waals surface area contributed by atoms with Crippen molar-refractivity contribution in [2.75, 3.05) is 31.4 Å². The molecule has 2 aromatic carbocycles. The highest BCUT2D eigenvalue weighted by atomic mass is 35.5. The quantitative estimate of drug-likeness (QED) is 0.625. The number of benzene rings is 2. The van der Waals surface area contributed by atoms with Crippen LogP contribution in [0.25, 0.3) is 0 Å². The van der Waals surface area contributed by atoms with Crippen molar-refractivity contribution < 1.29 is 23.0 Å². The fourth-order valence-corrected chi connectivity index (χ4v) is 2.82. The number of alkyl halides is 2. The van der Waals surface area contributed by atoms with Crippen LogP contribution in [0.4, 0.5) is 20.2 Å². The van der Waals surface area contributed by atoms with Crippen LogP contribution < -0.4 is 20.1 Å². The van der Waals surface area contributed by atoms with Crippen LogP contribution >= 0.6 is 23.4 Å². The third kappa shape index (κ3) is 5.67. The number of rotatable bonds is 8. The van der Waals surface area contributed by atoms with E-state index in [1.165, 1.54) is 14.2 Å². The SMILES string of the molecule is COc1cc(NC(=O)CNc2ccc(SC(F)F)cc2)c(OC)cc1Cl. The predicted molar refractivity (Wildman–Crippen MR) is 100.0 cm³/mol. The van der Waals surface area contributed by atoms with Gasteiger partial charge in [0.25, 0.3) is 5.76 Å². The number of thioether (sulfide) groups is 1. The molecule has 0 radical (unpaired) electrons. The van der Waals surface area contributed by atoms with Crippen molar-refractivity contribution in [2.24, 2.45) is 0 Å². The van der Waals surface area contributed by atoms with Crippen molar-refractivity contribution in [1.82, 2.24) is 0 Å². The lowest BCUT2D eigenvalue weighted by Crippen LogP contribution is -2.22. The Labute approximate surface area is 159 Å². The van der Waals surface area contributed by atoms with E-state index in [0.717, 1.165) is 0 Å². The smallest absolute Gasteiger partial charge is 0.288 e. The molecule has 0 aromatic heterocycles. The fourth-order valence-electron chi connectivity index (χ4n) is 2.09. The topological polar surface area (TPSA) is 59.6 Å². The number of carbonyl (C=O) groups excluding carboxylic acids is 1. The zero-order valence-electron chi connectivity index (χ0n) is 14.0. The molecule has 2 N–H and O–H groups in total. The van der Waals surface area contributed by atoms with E-state index in [0.29, 0.717) is 44.6 Å². The molecule has 0 aliphatic carbocycles. The second-order valence-corrected chi connectivity index (χ2v) is 6.46. The maximum atomic E-state index is 12.3. The number of anilines is 2. The van der Waals surface area contributed by atoms with Crippen molar-refractivity contribution in [2.45, 2.75) is 10.7 Å². The number of nitrogens with one attached hydrogen (secondary N) is 2. The summed E-state index contributed by atoms with van der Waals surface area (Å²) in [5.41, 5.74) is 1.06. The highest BCUT2D eigenvalue weighted by Crippen LogP contribution is 2.35. The molecule has 0 aliphatic heterocycles. The molecule has 0 saturated heterocycles. The minimum Gasteiger partial charge on any atom is -0.495 e. The van der Waals surface area contributed by atoms with Gasteiger partial charge < -0.3 is 20.1 Å². The van der Waals surface area contributed by atoms with Crippen LogP contribution in [0.2, 0.25) is 5.02 Å². The highest BCUT2D eigenvalue weighted by molar-refractivity contribution is 7.99. The van der Waals surface area contributed by atoms with Gasteiger partial charge in [-0.2, -0.15) is 8.78 Å². The lowest BCUT2D eigenvalue weighted by molar-refractivity contribution is -0.114. The Bertz CT molecular complexity index is 760. The Morgan fingerprint density at radius 3 is 2.38 bits per heavy atom. The molecule has 2 aromatic rings. The molecule has 0 aliphatic rings. The molecule has 0 bridgehead atoms. The highest BCUT2D eigenvalue weighted by Gasteiger charge is 2.12. The normalized spacial score (nSPS) is 10.5. The molecule has 1 amide bonds. The van der Waals surface area contributed by atoms with E-state index in [1.807, 2.05) is 0 Å². The summed E-state index contributed by atoms with van der Waals surface area (Å²) in [7, 11) is 2.93. The van der Waals surface area contributed by atoms with Crippen LogP contribution in [0.1, 0.15) is 0 Å². The molecule has 5 nitrogen and oxygen atoms in total. The third-order valence-electron chi connectivity index (χ3n) is 3.28. The van der Waals surface area contributed by atoms with Gasteiger partial charge in [-0.25, -0.2) is 0 Å². The molecular formula is C17H17ClF2N2O3S. The third-order valence-corrected chi connectivity index (χ3v) is 4.30. The predicted octanol–water partition coefficient (Wildman–Crippen LogP) is 4.72. The van der Waals surface area contributed by atoms with Crippen LogP contribution in [-0.2, 0) is 4.79 Å². The fraction of sp³-hybridized carbons (Fsp3) is 0.235. The van der Waals surface area contributed by atoms with Gasteiger partial charge in [0.2, 0.25) is 5.91 Å². The van der Waals surface area contributed by atoms with Gasteiger partial charge in [-0.1, -0.05) is 23.4 Å². The number of hydrogen-bond acceptors (Lipinski definition) is 5. The van der Waals surface area contributed by atoms with E-state index in [2.05, 4.69) is 10.6 Å². The molecule has 0 saturated carbocycles. The second kappa shape index (κ2) is 9.49. The zero-order valence-corrected chi connectivity index (χ0v) is 15.6. The number of halogens is 3. The van der Waals surface area contributed by atoms with Gasteiger partial charge >= 0.3 is 0 Å². The Kier molecular flexibility index (Phi) is 7.35. The van der Waals surface area contributed by atoms with E-state index in [9.17, 15) is 13.6 Å². The molecule has 9 heteroatoms. The molecule has 26 heavy (non-hydrogen) atoms. The van der Waals surface area contributed by atoms with Gasteiger partial charge in [0.1, 0.15) is 11.5 Å². The van der Waals surface area contributed by atoms with Gasteiger partial charge in [-0.15, -0.1) is 0 Å². The van der Waals surface area contributed by atoms with E-state index in [1.54, 1.807) is 36.4 Å². The molecule has 140 valence electrons. The average Bonchev–Trinajstić information content (AvgIpc) is 2.61. The first-order valence-corrected chi connectivity index (χ1v) is 8.68. The van der Waals surface area contributed by atoms with Crippen molar-refractivity contribution in [1.29, 1.82) is 0 Å². The van der Waals surface area contributed by atoms with E-state index in [-0.39, 0.29) is 12.5 Å². The standard InChI is InChI=1S/C17H17ClF2N2O3S/c1-24-14-8-13(15(25-2)7-12(14)18)22-16(23)9-21-10-3-5-11(6-4-10)26-17(19)20/h3-8,17,21H,9H2,1-2H3,(H,22,23). The summed E-state index contributed by atoms with van der Waals surface area (Å²) in [5.74, 6) is -1.98. The van der Waals surface area contributed by atoms with Crippen molar-refractivity contribution >= 4 is 40.6 Å². The van der Waals surface area contributed by atoms with Crippen LogP contribution in [0, 0.1) is 0 Å². The Morgan fingerprint density at radius 1 is 1.15 bits per heavy atom. The van der Waals surface area contributed by atoms with Gasteiger partial charge in [-0.3, -0.25) is 4.79 Å². The lowest BCUT2D eigenvalue weighted by Gasteiger charge is -2.13. The summed E-state index contributed by atoms with van der Waals surface area (Å²) in [6.45, 7) is -0.0184. The van der Waals surface area contributed by atoms with Crippen LogP contribution in [-0.4, -0.2) is 32.4 Å². The molecule has 0 fully saturated rings. The summed E-state index contributed by atoms with van der Waals surface area (Å²) in [5, 5.41) is 5.98. The van der Waals surface area contributed by atoms with Gasteiger partial charge in [0, 0.05) is 22.7 Å². The largest absolute Gasteiger partial charge is 0.495 e. The number of ether oxygens (including phenoxy) is 2. The maximum Gasteiger partial charge on any atom is 0.288 e. The van der Waals surface area contributed by atoms with E-state index < -0.39 is 5.76 Å². The van der Waals surface area contributed by atoms with E-state index in [4.69, 9.17) is 21.1 Å². The molecular weight excluding hydrogens is 386 g/mol. The van der Waals surface area contributed by atoms with Crippen molar-refractivity contribution in [3.63, 3.8) is 0 Å². The average molecular weight is 403 g/mol. The summed E-state index contributed by atoms with van der Waals surface area (Å²) < 4.78 is 34.9. The summed E-state index contributed by atoms with van der Waals surface area (Å²) in [6.07, 6.45) is 0. The number of carbonyl (C=O) groups is 1. The Hall–Kier alpha value is -2.19. The Morgan fingerprint density at radius 2 is 1.81 bits per heavy atom.